The van der Waals surface area contributed by atoms with E-state index in [1.54, 1.807) is 24.5 Å². The summed E-state index contributed by atoms with van der Waals surface area (Å²) in [5.74, 6) is -1.70. The number of nitrogens with one attached hydrogen (secondary N) is 2. The molecular formula is C11H13N3O4. The number of urea groups is 1. The highest BCUT2D eigenvalue weighted by Crippen LogP contribution is 1.94. The molecule has 0 bridgehead atoms. The van der Waals surface area contributed by atoms with E-state index < -0.39 is 17.9 Å². The number of hydrogen-bond acceptors (Lipinski definition) is 4. The number of hydrogen-bond donors (Lipinski definition) is 3. The maximum Gasteiger partial charge on any atom is 0.321 e. The number of nitrogens with zero attached hydrogens (tertiary/aromatic N) is 1. The molecule has 0 unspecified atom stereocenters. The van der Waals surface area contributed by atoms with E-state index in [-0.39, 0.29) is 19.4 Å². The van der Waals surface area contributed by atoms with Crippen LogP contribution in [0.5, 0.6) is 0 Å². The van der Waals surface area contributed by atoms with Crippen LogP contribution in [0.3, 0.4) is 0 Å². The van der Waals surface area contributed by atoms with E-state index >= 15 is 0 Å². The molecule has 96 valence electrons. The molecule has 1 aromatic heterocycles. The number of imide groups is 1. The van der Waals surface area contributed by atoms with Crippen LogP contribution >= 0.6 is 0 Å². The molecule has 18 heavy (non-hydrogen) atoms. The smallest absolute Gasteiger partial charge is 0.321 e. The molecule has 7 heteroatoms. The number of carboxylic acid groups (broad SMARTS) is 1. The summed E-state index contributed by atoms with van der Waals surface area (Å²) < 4.78 is 0. The molecule has 0 aliphatic carbocycles. The van der Waals surface area contributed by atoms with E-state index in [1.807, 2.05) is 5.32 Å². The fourth-order valence-corrected chi connectivity index (χ4v) is 1.14. The Balaban J connectivity index is 2.25. The molecule has 0 saturated heterocycles. The Morgan fingerprint density at radius 3 is 2.44 bits per heavy atom. The van der Waals surface area contributed by atoms with Crippen LogP contribution in [-0.4, -0.2) is 28.0 Å². The second kappa shape index (κ2) is 7.00. The predicted octanol–water partition coefficient (Wildman–Crippen LogP) is 0.272. The topological polar surface area (TPSA) is 108 Å². The summed E-state index contributed by atoms with van der Waals surface area (Å²) in [5.41, 5.74) is 0.845. The monoisotopic (exact) mass is 251 g/mol. The van der Waals surface area contributed by atoms with Gasteiger partial charge in [-0.05, 0) is 17.7 Å². The van der Waals surface area contributed by atoms with Gasteiger partial charge in [0, 0.05) is 25.4 Å². The van der Waals surface area contributed by atoms with E-state index in [9.17, 15) is 14.4 Å². The Morgan fingerprint density at radius 1 is 1.17 bits per heavy atom. The van der Waals surface area contributed by atoms with Gasteiger partial charge in [-0.15, -0.1) is 0 Å². The van der Waals surface area contributed by atoms with Crippen molar-refractivity contribution in [2.24, 2.45) is 0 Å². The van der Waals surface area contributed by atoms with Crippen molar-refractivity contribution in [3.8, 4) is 0 Å². The molecule has 1 heterocycles. The molecule has 0 atom stereocenters. The Morgan fingerprint density at radius 2 is 1.83 bits per heavy atom. The molecule has 0 fully saturated rings. The lowest BCUT2D eigenvalue weighted by Crippen LogP contribution is -2.39. The minimum Gasteiger partial charge on any atom is -0.481 e. The number of carbonyl (C=O) groups excluding carboxylic acids is 2. The number of aromatic nitrogens is 1. The van der Waals surface area contributed by atoms with Gasteiger partial charge in [0.1, 0.15) is 0 Å². The Bertz CT molecular complexity index is 433. The summed E-state index contributed by atoms with van der Waals surface area (Å²) in [7, 11) is 0. The van der Waals surface area contributed by atoms with Gasteiger partial charge in [-0.2, -0.15) is 0 Å². The molecule has 0 spiro atoms. The first-order valence-electron chi connectivity index (χ1n) is 5.26. The quantitative estimate of drug-likeness (QED) is 0.696. The number of aliphatic carboxylic acids is 1. The molecule has 0 aliphatic heterocycles. The molecule has 0 aliphatic rings. The van der Waals surface area contributed by atoms with E-state index in [4.69, 9.17) is 5.11 Å². The van der Waals surface area contributed by atoms with Gasteiger partial charge >= 0.3 is 12.0 Å². The zero-order valence-electron chi connectivity index (χ0n) is 9.55. The standard InChI is InChI=1S/C11H13N3O4/c15-9(1-2-10(16)17)14-11(18)13-7-8-3-5-12-6-4-8/h3-6H,1-2,7H2,(H,16,17)(H2,13,14,15,18). The van der Waals surface area contributed by atoms with Crippen LogP contribution < -0.4 is 10.6 Å². The summed E-state index contributed by atoms with van der Waals surface area (Å²) >= 11 is 0. The highest BCUT2D eigenvalue weighted by molar-refractivity contribution is 5.95. The van der Waals surface area contributed by atoms with E-state index in [2.05, 4.69) is 10.3 Å². The van der Waals surface area contributed by atoms with Gasteiger partial charge in [0.15, 0.2) is 0 Å². The van der Waals surface area contributed by atoms with Crippen LogP contribution in [0.1, 0.15) is 18.4 Å². The maximum absolute atomic E-state index is 11.3. The van der Waals surface area contributed by atoms with Crippen molar-refractivity contribution in [1.29, 1.82) is 0 Å². The molecule has 0 aromatic carbocycles. The molecule has 7 nitrogen and oxygen atoms in total. The van der Waals surface area contributed by atoms with Crippen molar-refractivity contribution >= 4 is 17.9 Å². The lowest BCUT2D eigenvalue weighted by molar-refractivity contribution is -0.138. The zero-order valence-corrected chi connectivity index (χ0v) is 9.55. The number of amides is 3. The van der Waals surface area contributed by atoms with E-state index in [0.29, 0.717) is 0 Å². The number of pyridine rings is 1. The van der Waals surface area contributed by atoms with E-state index in [1.165, 1.54) is 0 Å². The minimum absolute atomic E-state index is 0.224. The SMILES string of the molecule is O=C(O)CCC(=O)NC(=O)NCc1ccncc1. The zero-order chi connectivity index (χ0) is 13.4. The molecular weight excluding hydrogens is 238 g/mol. The molecule has 0 radical (unpaired) electrons. The summed E-state index contributed by atoms with van der Waals surface area (Å²) in [6.07, 6.45) is 2.65. The second-order valence-electron chi connectivity index (χ2n) is 3.48. The van der Waals surface area contributed by atoms with Crippen molar-refractivity contribution in [2.45, 2.75) is 19.4 Å². The molecule has 1 aromatic rings. The number of carbonyl (C=O) groups is 3. The maximum atomic E-state index is 11.3. The van der Waals surface area contributed by atoms with Gasteiger partial charge in [0.2, 0.25) is 5.91 Å². The van der Waals surface area contributed by atoms with Crippen LogP contribution in [0.15, 0.2) is 24.5 Å². The summed E-state index contributed by atoms with van der Waals surface area (Å²) in [4.78, 5) is 36.4. The highest BCUT2D eigenvalue weighted by atomic mass is 16.4. The first-order valence-corrected chi connectivity index (χ1v) is 5.26. The van der Waals surface area contributed by atoms with Crippen molar-refractivity contribution in [1.82, 2.24) is 15.6 Å². The lowest BCUT2D eigenvalue weighted by atomic mass is 10.3. The van der Waals surface area contributed by atoms with E-state index in [0.717, 1.165) is 5.56 Å². The summed E-state index contributed by atoms with van der Waals surface area (Å²) in [6, 6.07) is 2.81. The highest BCUT2D eigenvalue weighted by Gasteiger charge is 2.09. The van der Waals surface area contributed by atoms with Gasteiger partial charge in [-0.25, -0.2) is 4.79 Å². The third kappa shape index (κ3) is 5.59. The molecule has 1 rings (SSSR count). The molecule has 3 N–H and O–H groups in total. The lowest BCUT2D eigenvalue weighted by Gasteiger charge is -2.05. The first-order chi connectivity index (χ1) is 8.58. The predicted molar refractivity (Wildman–Crippen MR) is 61.5 cm³/mol. The Hall–Kier alpha value is -2.44. The summed E-state index contributed by atoms with van der Waals surface area (Å²) in [6.45, 7) is 0.264. The third-order valence-electron chi connectivity index (χ3n) is 2.02. The summed E-state index contributed by atoms with van der Waals surface area (Å²) in [5, 5.41) is 12.9. The van der Waals surface area contributed by atoms with Gasteiger partial charge in [-0.1, -0.05) is 0 Å². The van der Waals surface area contributed by atoms with Crippen molar-refractivity contribution < 1.29 is 19.5 Å². The molecule has 0 saturated carbocycles. The fraction of sp³-hybridized carbons (Fsp3) is 0.273. The Labute approximate surface area is 103 Å². The van der Waals surface area contributed by atoms with Crippen LogP contribution in [0.2, 0.25) is 0 Å². The average Bonchev–Trinajstić information content (AvgIpc) is 2.35. The van der Waals surface area contributed by atoms with Crippen LogP contribution in [0.25, 0.3) is 0 Å². The average molecular weight is 251 g/mol. The first kappa shape index (κ1) is 13.6. The van der Waals surface area contributed by atoms with Crippen molar-refractivity contribution in [2.75, 3.05) is 0 Å². The van der Waals surface area contributed by atoms with Gasteiger partial charge in [0.05, 0.1) is 6.42 Å². The minimum atomic E-state index is -1.08. The van der Waals surface area contributed by atoms with Gasteiger partial charge in [-0.3, -0.25) is 19.9 Å². The van der Waals surface area contributed by atoms with Crippen LogP contribution in [-0.2, 0) is 16.1 Å². The van der Waals surface area contributed by atoms with Gasteiger partial charge < -0.3 is 10.4 Å². The van der Waals surface area contributed by atoms with Gasteiger partial charge in [0.25, 0.3) is 0 Å². The number of rotatable bonds is 5. The van der Waals surface area contributed by atoms with Crippen molar-refractivity contribution in [3.05, 3.63) is 30.1 Å². The van der Waals surface area contributed by atoms with Crippen molar-refractivity contribution in [3.63, 3.8) is 0 Å². The van der Waals surface area contributed by atoms with Crippen LogP contribution in [0, 0.1) is 0 Å². The molecule has 3 amide bonds. The second-order valence-corrected chi connectivity index (χ2v) is 3.48. The fourth-order valence-electron chi connectivity index (χ4n) is 1.14. The number of carboxylic acids is 1. The third-order valence-corrected chi connectivity index (χ3v) is 2.02. The normalized spacial score (nSPS) is 9.56. The Kier molecular flexibility index (Phi) is 5.30. The van der Waals surface area contributed by atoms with Crippen LogP contribution in [0.4, 0.5) is 4.79 Å². The largest absolute Gasteiger partial charge is 0.481 e.